The molecule has 2 rings (SSSR count). The van der Waals surface area contributed by atoms with Gasteiger partial charge in [-0.3, -0.25) is 0 Å². The molecule has 100 valence electrons. The molecule has 0 heterocycles. The van der Waals surface area contributed by atoms with Crippen LogP contribution in [0.15, 0.2) is 59.1 Å². The van der Waals surface area contributed by atoms with Gasteiger partial charge in [-0.1, -0.05) is 52.3 Å². The first-order valence-electron chi connectivity index (χ1n) is 6.29. The maximum Gasteiger partial charge on any atom is 0.120 e. The van der Waals surface area contributed by atoms with Crippen molar-refractivity contribution in [1.29, 1.82) is 0 Å². The predicted octanol–water partition coefficient (Wildman–Crippen LogP) is 5.24. The zero-order chi connectivity index (χ0) is 13.5. The van der Waals surface area contributed by atoms with Crippen molar-refractivity contribution in [2.45, 2.75) is 12.3 Å². The van der Waals surface area contributed by atoms with Crippen LogP contribution in [0, 0.1) is 0 Å². The molecule has 0 aliphatic carbocycles. The molecule has 0 fully saturated rings. The van der Waals surface area contributed by atoms with Crippen LogP contribution in [0.2, 0.25) is 0 Å². The van der Waals surface area contributed by atoms with E-state index in [1.165, 1.54) is 5.56 Å². The molecule has 0 N–H and O–H groups in total. The fraction of sp³-hybridized carbons (Fsp3) is 0.250. The van der Waals surface area contributed by atoms with Gasteiger partial charge in [0.2, 0.25) is 0 Å². The van der Waals surface area contributed by atoms with Crippen LogP contribution in [0.1, 0.15) is 17.9 Å². The lowest BCUT2D eigenvalue weighted by Crippen LogP contribution is -2.07. The van der Waals surface area contributed by atoms with Gasteiger partial charge in [0.1, 0.15) is 5.75 Å². The Morgan fingerprint density at radius 2 is 1.84 bits per heavy atom. The second-order valence-corrected chi connectivity index (χ2v) is 5.58. The van der Waals surface area contributed by atoms with E-state index in [9.17, 15) is 0 Å². The van der Waals surface area contributed by atoms with Gasteiger partial charge in [0.15, 0.2) is 0 Å². The number of rotatable bonds is 6. The molecule has 0 bridgehead atoms. The molecular formula is C16H16BrClO. The standard InChI is InChI=1S/C16H16BrClO/c17-15-7-4-8-16(11-15)19-10-9-14(12-18)13-5-2-1-3-6-13/h1-8,11,14H,9-10,12H2. The Morgan fingerprint density at radius 3 is 2.53 bits per heavy atom. The Hall–Kier alpha value is -0.990. The lowest BCUT2D eigenvalue weighted by Gasteiger charge is -2.15. The molecule has 0 aliphatic rings. The van der Waals surface area contributed by atoms with Crippen LogP contribution in [0.3, 0.4) is 0 Å². The zero-order valence-electron chi connectivity index (χ0n) is 10.6. The molecule has 3 heteroatoms. The van der Waals surface area contributed by atoms with E-state index in [0.29, 0.717) is 18.4 Å². The van der Waals surface area contributed by atoms with Crippen LogP contribution < -0.4 is 4.74 Å². The predicted molar refractivity (Wildman–Crippen MR) is 84.2 cm³/mol. The highest BCUT2D eigenvalue weighted by Crippen LogP contribution is 2.22. The fourth-order valence-electron chi connectivity index (χ4n) is 1.93. The summed E-state index contributed by atoms with van der Waals surface area (Å²) in [7, 11) is 0. The van der Waals surface area contributed by atoms with E-state index >= 15 is 0 Å². The third kappa shape index (κ3) is 4.55. The normalized spacial score (nSPS) is 12.1. The minimum absolute atomic E-state index is 0.343. The van der Waals surface area contributed by atoms with Crippen LogP contribution in [-0.2, 0) is 0 Å². The molecule has 0 aromatic heterocycles. The quantitative estimate of drug-likeness (QED) is 0.654. The van der Waals surface area contributed by atoms with Gasteiger partial charge < -0.3 is 4.74 Å². The number of alkyl halides is 1. The smallest absolute Gasteiger partial charge is 0.120 e. The molecular weight excluding hydrogens is 324 g/mol. The highest BCUT2D eigenvalue weighted by Gasteiger charge is 2.10. The van der Waals surface area contributed by atoms with Crippen LogP contribution in [0.4, 0.5) is 0 Å². The number of benzene rings is 2. The van der Waals surface area contributed by atoms with Crippen molar-refractivity contribution in [3.63, 3.8) is 0 Å². The molecule has 2 aromatic rings. The van der Waals surface area contributed by atoms with Crippen LogP contribution in [-0.4, -0.2) is 12.5 Å². The average Bonchev–Trinajstić information content (AvgIpc) is 2.45. The van der Waals surface area contributed by atoms with Crippen LogP contribution >= 0.6 is 27.5 Å². The van der Waals surface area contributed by atoms with Crippen molar-refractivity contribution >= 4 is 27.5 Å². The highest BCUT2D eigenvalue weighted by molar-refractivity contribution is 9.10. The lowest BCUT2D eigenvalue weighted by atomic mass is 9.98. The third-order valence-electron chi connectivity index (χ3n) is 2.99. The Kier molecular flexibility index (Phi) is 5.74. The Balaban J connectivity index is 1.87. The Labute approximate surface area is 127 Å². The molecule has 19 heavy (non-hydrogen) atoms. The maximum atomic E-state index is 6.05. The molecule has 0 saturated carbocycles. The van der Waals surface area contributed by atoms with Crippen molar-refractivity contribution < 1.29 is 4.74 Å². The monoisotopic (exact) mass is 338 g/mol. The summed E-state index contributed by atoms with van der Waals surface area (Å²) in [6.45, 7) is 0.669. The Bertz CT molecular complexity index is 501. The zero-order valence-corrected chi connectivity index (χ0v) is 12.9. The Morgan fingerprint density at radius 1 is 1.05 bits per heavy atom. The number of ether oxygens (including phenoxy) is 1. The second kappa shape index (κ2) is 7.56. The third-order valence-corrected chi connectivity index (χ3v) is 3.85. The highest BCUT2D eigenvalue weighted by atomic mass is 79.9. The summed E-state index contributed by atoms with van der Waals surface area (Å²) in [4.78, 5) is 0. The summed E-state index contributed by atoms with van der Waals surface area (Å²) in [5.41, 5.74) is 1.27. The van der Waals surface area contributed by atoms with E-state index in [4.69, 9.17) is 16.3 Å². The van der Waals surface area contributed by atoms with Crippen molar-refractivity contribution in [3.8, 4) is 5.75 Å². The van der Waals surface area contributed by atoms with Gasteiger partial charge in [0.25, 0.3) is 0 Å². The average molecular weight is 340 g/mol. The van der Waals surface area contributed by atoms with Gasteiger partial charge in [-0.25, -0.2) is 0 Å². The van der Waals surface area contributed by atoms with Gasteiger partial charge in [0.05, 0.1) is 6.61 Å². The van der Waals surface area contributed by atoms with Gasteiger partial charge >= 0.3 is 0 Å². The minimum Gasteiger partial charge on any atom is -0.494 e. The number of hydrogen-bond donors (Lipinski definition) is 0. The SMILES string of the molecule is ClCC(CCOc1cccc(Br)c1)c1ccccc1. The summed E-state index contributed by atoms with van der Waals surface area (Å²) in [6.07, 6.45) is 0.917. The summed E-state index contributed by atoms with van der Waals surface area (Å²) < 4.78 is 6.78. The van der Waals surface area contributed by atoms with E-state index in [0.717, 1.165) is 16.6 Å². The summed E-state index contributed by atoms with van der Waals surface area (Å²) in [6, 6.07) is 18.2. The summed E-state index contributed by atoms with van der Waals surface area (Å²) >= 11 is 9.48. The topological polar surface area (TPSA) is 9.23 Å². The lowest BCUT2D eigenvalue weighted by molar-refractivity contribution is 0.301. The van der Waals surface area contributed by atoms with E-state index in [1.807, 2.05) is 42.5 Å². The number of hydrogen-bond acceptors (Lipinski definition) is 1. The second-order valence-electron chi connectivity index (χ2n) is 4.36. The largest absolute Gasteiger partial charge is 0.494 e. The van der Waals surface area contributed by atoms with Gasteiger partial charge in [-0.15, -0.1) is 11.6 Å². The van der Waals surface area contributed by atoms with E-state index in [1.54, 1.807) is 0 Å². The molecule has 0 saturated heterocycles. The molecule has 0 radical (unpaired) electrons. The molecule has 0 aliphatic heterocycles. The van der Waals surface area contributed by atoms with E-state index in [-0.39, 0.29) is 0 Å². The van der Waals surface area contributed by atoms with Gasteiger partial charge in [-0.05, 0) is 30.2 Å². The first-order valence-corrected chi connectivity index (χ1v) is 7.61. The van der Waals surface area contributed by atoms with Gasteiger partial charge in [0, 0.05) is 16.3 Å². The summed E-state index contributed by atoms with van der Waals surface area (Å²) in [5.74, 6) is 1.84. The van der Waals surface area contributed by atoms with Crippen molar-refractivity contribution in [1.82, 2.24) is 0 Å². The van der Waals surface area contributed by atoms with E-state index < -0.39 is 0 Å². The number of halogens is 2. The van der Waals surface area contributed by atoms with Crippen molar-refractivity contribution in [3.05, 3.63) is 64.6 Å². The van der Waals surface area contributed by atoms with E-state index in [2.05, 4.69) is 28.1 Å². The van der Waals surface area contributed by atoms with Crippen molar-refractivity contribution in [2.24, 2.45) is 0 Å². The molecule has 1 unspecified atom stereocenters. The first-order chi connectivity index (χ1) is 9.29. The van der Waals surface area contributed by atoms with Gasteiger partial charge in [-0.2, -0.15) is 0 Å². The fourth-order valence-corrected chi connectivity index (χ4v) is 2.64. The molecule has 0 amide bonds. The molecule has 1 nitrogen and oxygen atoms in total. The first kappa shape index (κ1) is 14.4. The van der Waals surface area contributed by atoms with Crippen molar-refractivity contribution in [2.75, 3.05) is 12.5 Å². The molecule has 2 aromatic carbocycles. The van der Waals surface area contributed by atoms with Crippen LogP contribution in [0.25, 0.3) is 0 Å². The minimum atomic E-state index is 0.343. The summed E-state index contributed by atoms with van der Waals surface area (Å²) in [5, 5.41) is 0. The molecule has 1 atom stereocenters. The molecule has 0 spiro atoms. The van der Waals surface area contributed by atoms with Crippen LogP contribution in [0.5, 0.6) is 5.75 Å². The maximum absolute atomic E-state index is 6.05.